The first kappa shape index (κ1) is 16.6. The second-order valence-electron chi connectivity index (χ2n) is 6.12. The van der Waals surface area contributed by atoms with Crippen molar-refractivity contribution in [3.8, 4) is 5.82 Å². The Hall–Kier alpha value is -3.82. The van der Waals surface area contributed by atoms with Crippen LogP contribution in [0, 0.1) is 6.92 Å². The van der Waals surface area contributed by atoms with Crippen molar-refractivity contribution < 1.29 is 4.79 Å². The van der Waals surface area contributed by atoms with Gasteiger partial charge < -0.3 is 10.2 Å². The first-order valence-electron chi connectivity index (χ1n) is 8.19. The van der Waals surface area contributed by atoms with Crippen molar-refractivity contribution in [1.29, 1.82) is 0 Å². The summed E-state index contributed by atoms with van der Waals surface area (Å²) in [5, 5.41) is 11.2. The molecule has 0 fully saturated rings. The van der Waals surface area contributed by atoms with Gasteiger partial charge in [0.15, 0.2) is 11.5 Å². The molecule has 4 heterocycles. The zero-order valence-electron chi connectivity index (χ0n) is 15.0. The number of nitrogens with zero attached hydrogens (tertiary/aromatic N) is 8. The minimum absolute atomic E-state index is 0.251. The highest BCUT2D eigenvalue weighted by Crippen LogP contribution is 2.19. The van der Waals surface area contributed by atoms with Gasteiger partial charge >= 0.3 is 0 Å². The number of rotatable bonds is 4. The van der Waals surface area contributed by atoms with Crippen LogP contribution in [-0.2, 0) is 0 Å². The number of pyridine rings is 1. The monoisotopic (exact) mass is 363 g/mol. The molecule has 136 valence electrons. The van der Waals surface area contributed by atoms with E-state index in [9.17, 15) is 4.79 Å². The van der Waals surface area contributed by atoms with Crippen LogP contribution in [0.15, 0.2) is 43.0 Å². The molecule has 0 spiro atoms. The summed E-state index contributed by atoms with van der Waals surface area (Å²) in [7, 11) is 3.81. The van der Waals surface area contributed by atoms with Gasteiger partial charge in [-0.25, -0.2) is 19.6 Å². The molecule has 4 rings (SSSR count). The number of aryl methyl sites for hydroxylation is 1. The molecule has 0 aromatic carbocycles. The highest BCUT2D eigenvalue weighted by Gasteiger charge is 2.14. The number of carbonyl (C=O) groups is 1. The van der Waals surface area contributed by atoms with Crippen molar-refractivity contribution in [3.63, 3.8) is 0 Å². The van der Waals surface area contributed by atoms with Crippen LogP contribution in [0.4, 0.5) is 11.6 Å². The second-order valence-corrected chi connectivity index (χ2v) is 6.12. The lowest BCUT2D eigenvalue weighted by molar-refractivity contribution is 0.102. The maximum absolute atomic E-state index is 12.7. The Balaban J connectivity index is 1.66. The minimum Gasteiger partial charge on any atom is -0.363 e. The van der Waals surface area contributed by atoms with Crippen molar-refractivity contribution in [2.24, 2.45) is 0 Å². The van der Waals surface area contributed by atoms with Gasteiger partial charge in [-0.1, -0.05) is 6.07 Å². The summed E-state index contributed by atoms with van der Waals surface area (Å²) in [6, 6.07) is 8.73. The standard InChI is InChI=1S/C17H17N9O/c1-11-7-15-21-13(8-16(24(2)3)26(15)23-11)22-17(27)12-5-4-6-14(20-12)25-10-18-9-19-25/h4-10H,1-3H3,(H,21,22,27). The molecule has 1 amide bonds. The average molecular weight is 363 g/mol. The second kappa shape index (κ2) is 6.48. The molecular weight excluding hydrogens is 346 g/mol. The maximum Gasteiger partial charge on any atom is 0.275 e. The Kier molecular flexibility index (Phi) is 3.99. The summed E-state index contributed by atoms with van der Waals surface area (Å²) in [6.07, 6.45) is 2.93. The van der Waals surface area contributed by atoms with Crippen molar-refractivity contribution >= 4 is 23.2 Å². The van der Waals surface area contributed by atoms with E-state index in [1.807, 2.05) is 32.0 Å². The van der Waals surface area contributed by atoms with Crippen LogP contribution in [0.3, 0.4) is 0 Å². The van der Waals surface area contributed by atoms with E-state index in [2.05, 4.69) is 30.5 Å². The number of nitrogens with one attached hydrogen (secondary N) is 1. The summed E-state index contributed by atoms with van der Waals surface area (Å²) in [5.41, 5.74) is 1.75. The maximum atomic E-state index is 12.7. The van der Waals surface area contributed by atoms with E-state index < -0.39 is 0 Å². The summed E-state index contributed by atoms with van der Waals surface area (Å²) < 4.78 is 3.22. The average Bonchev–Trinajstić information content (AvgIpc) is 3.29. The molecule has 10 heteroatoms. The fraction of sp³-hybridized carbons (Fsp3) is 0.176. The largest absolute Gasteiger partial charge is 0.363 e. The molecule has 0 aliphatic rings. The van der Waals surface area contributed by atoms with Gasteiger partial charge in [-0.05, 0) is 19.1 Å². The fourth-order valence-corrected chi connectivity index (χ4v) is 2.64. The number of carbonyl (C=O) groups excluding carboxylic acids is 1. The van der Waals surface area contributed by atoms with Gasteiger partial charge in [0, 0.05) is 26.2 Å². The summed E-state index contributed by atoms with van der Waals surface area (Å²) in [4.78, 5) is 27.2. The Bertz CT molecular complexity index is 1110. The Morgan fingerprint density at radius 2 is 2.04 bits per heavy atom. The van der Waals surface area contributed by atoms with E-state index in [0.717, 1.165) is 11.5 Å². The van der Waals surface area contributed by atoms with Crippen LogP contribution in [-0.4, -0.2) is 54.3 Å². The molecule has 4 aromatic rings. The summed E-state index contributed by atoms with van der Waals surface area (Å²) in [6.45, 7) is 1.89. The van der Waals surface area contributed by atoms with Crippen LogP contribution < -0.4 is 10.2 Å². The SMILES string of the molecule is Cc1cc2nc(NC(=O)c3cccc(-n4cncn4)n3)cc(N(C)C)n2n1. The van der Waals surface area contributed by atoms with Crippen LogP contribution in [0.1, 0.15) is 16.2 Å². The molecule has 0 bridgehead atoms. The summed E-state index contributed by atoms with van der Waals surface area (Å²) >= 11 is 0. The highest BCUT2D eigenvalue weighted by molar-refractivity contribution is 6.02. The van der Waals surface area contributed by atoms with Crippen molar-refractivity contribution in [1.82, 2.24) is 34.3 Å². The molecule has 0 saturated carbocycles. The molecule has 0 aliphatic heterocycles. The van der Waals surface area contributed by atoms with Gasteiger partial charge in [0.25, 0.3) is 5.91 Å². The molecule has 0 atom stereocenters. The van der Waals surface area contributed by atoms with Crippen LogP contribution >= 0.6 is 0 Å². The van der Waals surface area contributed by atoms with Gasteiger partial charge in [-0.2, -0.15) is 14.7 Å². The number of hydrogen-bond donors (Lipinski definition) is 1. The molecule has 4 aromatic heterocycles. The number of amides is 1. The molecule has 0 aliphatic carbocycles. The molecular formula is C17H17N9O. The summed E-state index contributed by atoms with van der Waals surface area (Å²) in [5.74, 6) is 1.36. The van der Waals surface area contributed by atoms with Crippen LogP contribution in [0.2, 0.25) is 0 Å². The van der Waals surface area contributed by atoms with E-state index in [-0.39, 0.29) is 11.6 Å². The molecule has 27 heavy (non-hydrogen) atoms. The Labute approximate surface area is 154 Å². The van der Waals surface area contributed by atoms with Gasteiger partial charge in [0.05, 0.1) is 5.69 Å². The predicted molar refractivity (Wildman–Crippen MR) is 99.2 cm³/mol. The quantitative estimate of drug-likeness (QED) is 0.583. The van der Waals surface area contributed by atoms with E-state index in [4.69, 9.17) is 0 Å². The molecule has 1 N–H and O–H groups in total. The van der Waals surface area contributed by atoms with E-state index in [1.54, 1.807) is 28.8 Å². The Morgan fingerprint density at radius 1 is 1.19 bits per heavy atom. The smallest absolute Gasteiger partial charge is 0.275 e. The lowest BCUT2D eigenvalue weighted by Gasteiger charge is -2.15. The number of hydrogen-bond acceptors (Lipinski definition) is 7. The fourth-order valence-electron chi connectivity index (χ4n) is 2.64. The van der Waals surface area contributed by atoms with E-state index in [1.165, 1.54) is 17.3 Å². The number of anilines is 2. The first-order chi connectivity index (χ1) is 13.0. The van der Waals surface area contributed by atoms with Crippen molar-refractivity contribution in [2.75, 3.05) is 24.3 Å². The van der Waals surface area contributed by atoms with Gasteiger partial charge in [-0.15, -0.1) is 0 Å². The van der Waals surface area contributed by atoms with Gasteiger partial charge in [-0.3, -0.25) is 4.79 Å². The minimum atomic E-state index is -0.366. The zero-order valence-corrected chi connectivity index (χ0v) is 15.0. The Morgan fingerprint density at radius 3 is 2.78 bits per heavy atom. The molecule has 0 saturated heterocycles. The predicted octanol–water partition coefficient (Wildman–Crippen LogP) is 1.33. The van der Waals surface area contributed by atoms with Crippen LogP contribution in [0.5, 0.6) is 0 Å². The lowest BCUT2D eigenvalue weighted by Crippen LogP contribution is -2.18. The molecule has 10 nitrogen and oxygen atoms in total. The van der Waals surface area contributed by atoms with Crippen LogP contribution in [0.25, 0.3) is 11.5 Å². The van der Waals surface area contributed by atoms with Crippen molar-refractivity contribution in [2.45, 2.75) is 6.92 Å². The van der Waals surface area contributed by atoms with E-state index >= 15 is 0 Å². The lowest BCUT2D eigenvalue weighted by atomic mass is 10.3. The molecule has 0 radical (unpaired) electrons. The third-order valence-corrected chi connectivity index (χ3v) is 3.85. The van der Waals surface area contributed by atoms with E-state index in [0.29, 0.717) is 17.3 Å². The normalized spacial score (nSPS) is 10.9. The third-order valence-electron chi connectivity index (χ3n) is 3.85. The number of aromatic nitrogens is 7. The number of fused-ring (bicyclic) bond motifs is 1. The first-order valence-corrected chi connectivity index (χ1v) is 8.19. The van der Waals surface area contributed by atoms with Crippen molar-refractivity contribution in [3.05, 3.63) is 54.4 Å². The van der Waals surface area contributed by atoms with Gasteiger partial charge in [0.1, 0.15) is 30.0 Å². The zero-order chi connectivity index (χ0) is 19.0. The molecule has 0 unspecified atom stereocenters. The topological polar surface area (TPSA) is 106 Å². The van der Waals surface area contributed by atoms with Gasteiger partial charge in [0.2, 0.25) is 0 Å². The highest BCUT2D eigenvalue weighted by atomic mass is 16.1. The third kappa shape index (κ3) is 3.19.